The molecule has 0 amide bonds. The molecule has 2 N–H and O–H groups in total. The molecule has 5 heterocycles. The fourth-order valence-electron chi connectivity index (χ4n) is 9.52. The van der Waals surface area contributed by atoms with Crippen LogP contribution in [0, 0.1) is 45.3 Å². The molecule has 8 nitrogen and oxygen atoms in total. The van der Waals surface area contributed by atoms with Gasteiger partial charge >= 0.3 is 0 Å². The number of thiocarbonyl (C=S) groups is 2. The van der Waals surface area contributed by atoms with Crippen LogP contribution in [0.15, 0.2) is 109 Å². The van der Waals surface area contributed by atoms with Gasteiger partial charge in [-0.15, -0.1) is 25.3 Å². The number of fused-ring (bicyclic) bond motifs is 8. The van der Waals surface area contributed by atoms with Gasteiger partial charge in [0.1, 0.15) is 23.0 Å². The van der Waals surface area contributed by atoms with E-state index in [1.807, 2.05) is 97.1 Å². The minimum Gasteiger partial charge on any atom is -0.493 e. The highest BCUT2D eigenvalue weighted by Gasteiger charge is 2.26. The van der Waals surface area contributed by atoms with Gasteiger partial charge in [-0.1, -0.05) is 168 Å². The summed E-state index contributed by atoms with van der Waals surface area (Å²) < 4.78 is 28.5. The highest BCUT2D eigenvalue weighted by Crippen LogP contribution is 2.46. The number of ether oxygens (including phenoxy) is 4. The van der Waals surface area contributed by atoms with Gasteiger partial charge in [0, 0.05) is 33.3 Å². The Bertz CT molecular complexity index is 3720. The summed E-state index contributed by atoms with van der Waals surface area (Å²) in [5.74, 6) is 16.9. The first-order valence-corrected chi connectivity index (χ1v) is 31.1. The van der Waals surface area contributed by atoms with E-state index in [4.69, 9.17) is 53.4 Å². The Kier molecular flexibility index (Phi) is 19.7. The summed E-state index contributed by atoms with van der Waals surface area (Å²) in [6, 6.07) is 36.0. The molecule has 0 spiro atoms. The van der Waals surface area contributed by atoms with Crippen LogP contribution in [0.5, 0.6) is 23.0 Å². The summed E-state index contributed by atoms with van der Waals surface area (Å²) in [6.45, 7) is 28.7. The van der Waals surface area contributed by atoms with Crippen LogP contribution >= 0.6 is 49.7 Å². The first-order chi connectivity index (χ1) is 40.8. The molecule has 4 aromatic carbocycles. The van der Waals surface area contributed by atoms with Crippen molar-refractivity contribution in [1.29, 1.82) is 0 Å². The van der Waals surface area contributed by atoms with Gasteiger partial charge < -0.3 is 28.9 Å². The van der Waals surface area contributed by atoms with Crippen molar-refractivity contribution in [3.8, 4) is 68.9 Å². The molecule has 2 aliphatic rings. The fraction of sp³-hybridized carbons (Fsp3) is 0.324. The first kappa shape index (κ1) is 63.2. The number of aromatic nitrogens is 4. The molecule has 0 saturated carbocycles. The zero-order chi connectivity index (χ0) is 61.6. The molecule has 0 radical (unpaired) electrons. The number of thiol groups is 2. The van der Waals surface area contributed by atoms with Gasteiger partial charge in [0.25, 0.3) is 0 Å². The fourth-order valence-corrected chi connectivity index (χ4v) is 10.1. The van der Waals surface area contributed by atoms with E-state index in [0.717, 1.165) is 92.3 Å². The van der Waals surface area contributed by atoms with E-state index in [9.17, 15) is 0 Å². The van der Waals surface area contributed by atoms with Crippen LogP contribution in [0.2, 0.25) is 0 Å². The van der Waals surface area contributed by atoms with E-state index in [2.05, 4.69) is 178 Å². The molecule has 7 aromatic rings. The van der Waals surface area contributed by atoms with E-state index in [0.29, 0.717) is 91.7 Å². The Morgan fingerprint density at radius 1 is 0.384 bits per heavy atom. The first-order valence-electron chi connectivity index (χ1n) is 29.4. The number of H-pyrrole nitrogens is 2. The average molecular weight is 1220 g/mol. The number of benzene rings is 4. The van der Waals surface area contributed by atoms with Crippen LogP contribution in [0.4, 0.5) is 0 Å². The second kappa shape index (κ2) is 26.7. The van der Waals surface area contributed by atoms with Gasteiger partial charge in [-0.05, 0) is 156 Å². The predicted molar refractivity (Wildman–Crippen MR) is 374 cm³/mol. The quantitative estimate of drug-likeness (QED) is 0.0432. The summed E-state index contributed by atoms with van der Waals surface area (Å²) in [4.78, 5) is 18.9. The Balaban J connectivity index is 1.42. The minimum absolute atomic E-state index is 0.0339. The highest BCUT2D eigenvalue weighted by atomic mass is 32.1. The van der Waals surface area contributed by atoms with Crippen molar-refractivity contribution < 1.29 is 18.9 Å². The molecule has 86 heavy (non-hydrogen) atoms. The van der Waals surface area contributed by atoms with Gasteiger partial charge in [0.2, 0.25) is 0 Å². The van der Waals surface area contributed by atoms with Gasteiger partial charge in [0.15, 0.2) is 0 Å². The van der Waals surface area contributed by atoms with Gasteiger partial charge in [-0.25, -0.2) is 9.97 Å². The van der Waals surface area contributed by atoms with Crippen LogP contribution in [0.25, 0.3) is 68.6 Å². The van der Waals surface area contributed by atoms with Crippen LogP contribution in [-0.2, 0) is 0 Å². The topological polar surface area (TPSA) is 94.3 Å². The Morgan fingerprint density at radius 3 is 0.965 bits per heavy atom. The second-order valence-electron chi connectivity index (χ2n) is 26.7. The third kappa shape index (κ3) is 16.6. The van der Waals surface area contributed by atoms with Crippen molar-refractivity contribution in [2.75, 3.05) is 26.4 Å². The molecule has 442 valence electrons. The smallest absolute Gasteiger partial charge is 0.131 e. The summed E-state index contributed by atoms with van der Waals surface area (Å²) >= 11 is 19.7. The summed E-state index contributed by atoms with van der Waals surface area (Å²) in [5.41, 5.74) is 13.6. The molecule has 12 heteroatoms. The maximum absolute atomic E-state index is 6.87. The SMILES string of the molecule is CC(C)(C)CCOc1cccc(OCCC(C)(C)C)c1-c1c2nc(c(C#Cc3ccc(C(=S)S)cc3)c3ccc([nH]3)c(-c3c(OCCC(C)(C)C)cccc3OCCC(C)(C)C)c3nc(c(C#Cc4ccc(C(=S)S)cc4)c4ccc1[nH]4)C=C3)C=C2. The van der Waals surface area contributed by atoms with Crippen molar-refractivity contribution in [2.24, 2.45) is 21.7 Å². The number of rotatable bonds is 16. The lowest BCUT2D eigenvalue weighted by Crippen LogP contribution is -2.13. The van der Waals surface area contributed by atoms with Gasteiger partial charge in [-0.2, -0.15) is 0 Å². The van der Waals surface area contributed by atoms with E-state index in [1.54, 1.807) is 0 Å². The highest BCUT2D eigenvalue weighted by molar-refractivity contribution is 8.12. The standard InChI is InChI=1S/C74H78N4O4S4/c1-71(2,3)39-43-79-61-15-13-16-62(80-44-40-72(4,5)6)67(61)65-57-35-31-53(75-57)51(29-23-47-19-25-49(26-20-47)69(83)84)55-33-37-59(77-55)66(68-63(81-45-41-73(7,8)9)17-14-18-64(68)82-46-42-74(10,11)12)60-38-34-56(78-60)52(54-32-36-58(65)76-54)30-24-48-21-27-50(28-22-48)70(85)86/h13-22,25-28,31-38,75,78H,39-46H2,1-12H3,(H,83,84)(H,85,86). The molecule has 0 saturated heterocycles. The Labute approximate surface area is 530 Å². The second-order valence-corrected chi connectivity index (χ2v) is 29.0. The van der Waals surface area contributed by atoms with Crippen LogP contribution in [0.3, 0.4) is 0 Å². The molecule has 2 aliphatic heterocycles. The number of nitrogens with one attached hydrogen (secondary N) is 2. The summed E-state index contributed by atoms with van der Waals surface area (Å²) in [6.07, 6.45) is 11.5. The van der Waals surface area contributed by atoms with Crippen molar-refractivity contribution in [2.45, 2.75) is 109 Å². The molecule has 0 aliphatic carbocycles. The molecule has 0 fully saturated rings. The predicted octanol–water partition coefficient (Wildman–Crippen LogP) is 19.3. The maximum atomic E-state index is 6.87. The largest absolute Gasteiger partial charge is 0.493 e. The monoisotopic (exact) mass is 1210 g/mol. The zero-order valence-corrected chi connectivity index (χ0v) is 55.0. The lowest BCUT2D eigenvalue weighted by molar-refractivity contribution is 0.235. The lowest BCUT2D eigenvalue weighted by Gasteiger charge is -2.22. The Morgan fingerprint density at radius 2 is 0.674 bits per heavy atom. The summed E-state index contributed by atoms with van der Waals surface area (Å²) in [5, 5.41) is 0. The van der Waals surface area contributed by atoms with E-state index >= 15 is 0 Å². The molecule has 9 rings (SSSR count). The zero-order valence-electron chi connectivity index (χ0n) is 51.6. The number of aromatic amines is 2. The number of hydrogen-bond acceptors (Lipinski definition) is 8. The van der Waals surface area contributed by atoms with Crippen LogP contribution in [-0.4, -0.2) is 54.8 Å². The average Bonchev–Trinajstić information content (AvgIpc) is 1.76. The number of nitrogens with zero attached hydrogens (tertiary/aromatic N) is 2. The number of hydrogen-bond donors (Lipinski definition) is 4. The molecule has 0 unspecified atom stereocenters. The molecule has 3 aromatic heterocycles. The van der Waals surface area contributed by atoms with Crippen molar-refractivity contribution in [3.63, 3.8) is 0 Å². The minimum atomic E-state index is 0.0339. The van der Waals surface area contributed by atoms with E-state index in [1.165, 1.54) is 0 Å². The lowest BCUT2D eigenvalue weighted by atomic mass is 9.93. The molecular weight excluding hydrogens is 1140 g/mol. The van der Waals surface area contributed by atoms with Crippen molar-refractivity contribution in [3.05, 3.63) is 165 Å². The third-order valence-corrected chi connectivity index (χ3v) is 15.6. The van der Waals surface area contributed by atoms with Crippen molar-refractivity contribution >= 4 is 104 Å². The Hall–Kier alpha value is -7.32. The van der Waals surface area contributed by atoms with Crippen LogP contribution < -0.4 is 18.9 Å². The molecular formula is C74H78N4O4S4. The van der Waals surface area contributed by atoms with Crippen LogP contribution in [0.1, 0.15) is 165 Å². The van der Waals surface area contributed by atoms with Crippen molar-refractivity contribution in [1.82, 2.24) is 19.9 Å². The molecule has 8 bridgehead atoms. The van der Waals surface area contributed by atoms with Gasteiger partial charge in [-0.3, -0.25) is 0 Å². The van der Waals surface area contributed by atoms with Gasteiger partial charge in [0.05, 0.1) is 90.9 Å². The third-order valence-electron chi connectivity index (χ3n) is 14.6. The van der Waals surface area contributed by atoms with E-state index < -0.39 is 0 Å². The normalized spacial score (nSPS) is 12.3. The maximum Gasteiger partial charge on any atom is 0.131 e. The van der Waals surface area contributed by atoms with E-state index in [-0.39, 0.29) is 21.7 Å². The molecule has 0 atom stereocenters. The summed E-state index contributed by atoms with van der Waals surface area (Å²) in [7, 11) is 0.